The van der Waals surface area contributed by atoms with Crippen LogP contribution >= 0.6 is 0 Å². The van der Waals surface area contributed by atoms with Gasteiger partial charge in [-0.05, 0) is 24.6 Å². The zero-order valence-corrected chi connectivity index (χ0v) is 17.2. The monoisotopic (exact) mass is 448 g/mol. The second kappa shape index (κ2) is 6.99. The number of amides is 2. The van der Waals surface area contributed by atoms with Gasteiger partial charge in [0.25, 0.3) is 0 Å². The number of hydrogen-bond donors (Lipinski definition) is 1. The number of fused-ring (bicyclic) bond motifs is 2. The Morgan fingerprint density at radius 1 is 1.13 bits per heavy atom. The van der Waals surface area contributed by atoms with E-state index in [1.54, 1.807) is 23.1 Å². The van der Waals surface area contributed by atoms with Gasteiger partial charge in [-0.25, -0.2) is 26.7 Å². The van der Waals surface area contributed by atoms with E-state index in [-0.39, 0.29) is 48.1 Å². The Kier molecular flexibility index (Phi) is 4.48. The molecule has 0 radical (unpaired) electrons. The Balaban J connectivity index is 1.53. The lowest BCUT2D eigenvalue weighted by Crippen LogP contribution is -2.40. The normalized spacial score (nSPS) is 21.3. The second-order valence-electron chi connectivity index (χ2n) is 7.80. The van der Waals surface area contributed by atoms with Crippen LogP contribution in [0.1, 0.15) is 6.42 Å². The summed E-state index contributed by atoms with van der Waals surface area (Å²) in [7, 11) is -3.39. The van der Waals surface area contributed by atoms with Gasteiger partial charge in [0, 0.05) is 24.7 Å². The average Bonchev–Trinajstić information content (AvgIpc) is 3.35. The van der Waals surface area contributed by atoms with Crippen LogP contribution in [0, 0.1) is 11.6 Å². The van der Waals surface area contributed by atoms with E-state index in [1.807, 2.05) is 0 Å². The first-order valence-corrected chi connectivity index (χ1v) is 11.5. The maximum absolute atomic E-state index is 14.5. The highest BCUT2D eigenvalue weighted by Crippen LogP contribution is 2.40. The summed E-state index contributed by atoms with van der Waals surface area (Å²) in [4.78, 5) is 16.1. The summed E-state index contributed by atoms with van der Waals surface area (Å²) in [6.45, 7) is 0.494. The number of urea groups is 1. The molecule has 2 aliphatic heterocycles. The summed E-state index contributed by atoms with van der Waals surface area (Å²) in [6, 6.07) is 7.44. The Morgan fingerprint density at radius 3 is 2.52 bits per heavy atom. The largest absolute Gasteiger partial charge is 0.354 e. The van der Waals surface area contributed by atoms with Crippen molar-refractivity contribution < 1.29 is 26.5 Å². The Bertz CT molecular complexity index is 1290. The summed E-state index contributed by atoms with van der Waals surface area (Å²) in [5, 5.41) is 4.37. The predicted molar refractivity (Wildman–Crippen MR) is 109 cm³/mol. The van der Waals surface area contributed by atoms with Crippen LogP contribution in [0.2, 0.25) is 0 Å². The lowest BCUT2D eigenvalue weighted by atomic mass is 10.00. The van der Waals surface area contributed by atoms with Crippen LogP contribution in [0.25, 0.3) is 22.1 Å². The molecule has 5 rings (SSSR count). The fourth-order valence-corrected chi connectivity index (χ4v) is 5.23. The molecule has 2 saturated heterocycles. The number of halogens is 2. The molecule has 162 valence electrons. The summed E-state index contributed by atoms with van der Waals surface area (Å²) in [5.74, 6) is -1.29. The molecule has 2 atom stereocenters. The van der Waals surface area contributed by atoms with Gasteiger partial charge in [0.2, 0.25) is 10.0 Å². The van der Waals surface area contributed by atoms with E-state index in [0.29, 0.717) is 17.4 Å². The minimum atomic E-state index is -3.39. The van der Waals surface area contributed by atoms with Gasteiger partial charge in [-0.1, -0.05) is 23.4 Å². The van der Waals surface area contributed by atoms with E-state index < -0.39 is 21.7 Å². The van der Waals surface area contributed by atoms with Crippen LogP contribution in [0.4, 0.5) is 19.4 Å². The summed E-state index contributed by atoms with van der Waals surface area (Å²) < 4.78 is 59.9. The third-order valence-electron chi connectivity index (χ3n) is 5.63. The van der Waals surface area contributed by atoms with Crippen molar-refractivity contribution in [1.29, 1.82) is 0 Å². The minimum absolute atomic E-state index is 0.181. The van der Waals surface area contributed by atoms with Crippen molar-refractivity contribution in [1.82, 2.24) is 14.8 Å². The molecule has 1 aromatic heterocycles. The minimum Gasteiger partial charge on any atom is -0.354 e. The van der Waals surface area contributed by atoms with Crippen molar-refractivity contribution in [2.75, 3.05) is 24.2 Å². The molecule has 0 saturated carbocycles. The number of carbonyl (C=O) groups is 1. The first-order valence-electron chi connectivity index (χ1n) is 9.61. The van der Waals surface area contributed by atoms with E-state index in [0.717, 1.165) is 18.4 Å². The molecule has 1 N–H and O–H groups in total. The van der Waals surface area contributed by atoms with Gasteiger partial charge in [0.05, 0.1) is 23.2 Å². The molecular weight excluding hydrogens is 430 g/mol. The van der Waals surface area contributed by atoms with Crippen LogP contribution in [0.5, 0.6) is 0 Å². The van der Waals surface area contributed by atoms with Crippen LogP contribution in [-0.2, 0) is 10.0 Å². The van der Waals surface area contributed by atoms with Crippen LogP contribution in [-0.4, -0.2) is 55.9 Å². The van der Waals surface area contributed by atoms with Gasteiger partial charge in [-0.3, -0.25) is 4.90 Å². The molecule has 2 fully saturated rings. The molecule has 8 nitrogen and oxygen atoms in total. The van der Waals surface area contributed by atoms with Gasteiger partial charge in [-0.2, -0.15) is 0 Å². The first kappa shape index (κ1) is 19.9. The van der Waals surface area contributed by atoms with Crippen molar-refractivity contribution in [2.45, 2.75) is 18.5 Å². The standard InChI is InChI=1S/C20H18F2N4O4S/c1-31(28,29)24-11-8-12-10-26(20(27)25(12)9-11)19-18-13(4-2-7-16(18)30-23-19)17-14(21)5-3-6-15(17)22/h2-7,11-12,24H,8-10H2,1H3/t11-,12-/m0/s1. The average molecular weight is 448 g/mol. The maximum atomic E-state index is 14.5. The zero-order valence-electron chi connectivity index (χ0n) is 16.4. The zero-order chi connectivity index (χ0) is 21.9. The van der Waals surface area contributed by atoms with Crippen LogP contribution in [0.15, 0.2) is 40.9 Å². The van der Waals surface area contributed by atoms with Gasteiger partial charge in [0.1, 0.15) is 11.6 Å². The van der Waals surface area contributed by atoms with Gasteiger partial charge in [0.15, 0.2) is 11.4 Å². The number of rotatable bonds is 4. The third kappa shape index (κ3) is 3.33. The maximum Gasteiger partial charge on any atom is 0.326 e. The fraction of sp³-hybridized carbons (Fsp3) is 0.300. The van der Waals surface area contributed by atoms with Crippen molar-refractivity contribution in [3.63, 3.8) is 0 Å². The second-order valence-corrected chi connectivity index (χ2v) is 9.58. The highest BCUT2D eigenvalue weighted by molar-refractivity contribution is 7.88. The number of benzene rings is 2. The van der Waals surface area contributed by atoms with E-state index >= 15 is 0 Å². The smallest absolute Gasteiger partial charge is 0.326 e. The molecule has 2 aliphatic rings. The van der Waals surface area contributed by atoms with Crippen molar-refractivity contribution in [3.8, 4) is 11.1 Å². The number of sulfonamides is 1. The number of nitrogens with zero attached hydrogens (tertiary/aromatic N) is 3. The molecule has 0 unspecified atom stereocenters. The van der Waals surface area contributed by atoms with Gasteiger partial charge < -0.3 is 9.42 Å². The molecule has 31 heavy (non-hydrogen) atoms. The summed E-state index contributed by atoms with van der Waals surface area (Å²) >= 11 is 0. The third-order valence-corrected chi connectivity index (χ3v) is 6.39. The van der Waals surface area contributed by atoms with E-state index in [2.05, 4.69) is 9.88 Å². The van der Waals surface area contributed by atoms with Crippen molar-refractivity contribution in [2.24, 2.45) is 0 Å². The van der Waals surface area contributed by atoms with Crippen molar-refractivity contribution in [3.05, 3.63) is 48.0 Å². The summed E-state index contributed by atoms with van der Waals surface area (Å²) in [6.07, 6.45) is 1.54. The molecule has 0 bridgehead atoms. The topological polar surface area (TPSA) is 95.7 Å². The molecule has 2 amide bonds. The molecular formula is C20H18F2N4O4S. The number of aromatic nitrogens is 1. The SMILES string of the molecule is CS(=O)(=O)N[C@H]1C[C@H]2CN(c3noc4cccc(-c5c(F)cccc5F)c34)C(=O)N2C1. The quantitative estimate of drug-likeness (QED) is 0.662. The van der Waals surface area contributed by atoms with Gasteiger partial charge >= 0.3 is 6.03 Å². The number of nitrogens with one attached hydrogen (secondary N) is 1. The van der Waals surface area contributed by atoms with Crippen LogP contribution < -0.4 is 9.62 Å². The molecule has 3 aromatic rings. The van der Waals surface area contributed by atoms with Gasteiger partial charge in [-0.15, -0.1) is 0 Å². The van der Waals surface area contributed by atoms with E-state index in [9.17, 15) is 22.0 Å². The lowest BCUT2D eigenvalue weighted by Gasteiger charge is -2.18. The highest BCUT2D eigenvalue weighted by Gasteiger charge is 2.46. The Labute approximate surface area is 176 Å². The first-order chi connectivity index (χ1) is 14.7. The van der Waals surface area contributed by atoms with E-state index in [1.165, 1.54) is 11.0 Å². The molecule has 3 heterocycles. The molecule has 0 aliphatic carbocycles. The molecule has 11 heteroatoms. The molecule has 2 aromatic carbocycles. The highest BCUT2D eigenvalue weighted by atomic mass is 32.2. The number of carbonyl (C=O) groups excluding carboxylic acids is 1. The molecule has 0 spiro atoms. The Morgan fingerprint density at radius 2 is 1.84 bits per heavy atom. The number of anilines is 1. The fourth-order valence-electron chi connectivity index (χ4n) is 4.46. The summed E-state index contributed by atoms with van der Waals surface area (Å²) in [5.41, 5.74) is 0.314. The predicted octanol–water partition coefficient (Wildman–Crippen LogP) is 2.71. The lowest BCUT2D eigenvalue weighted by molar-refractivity contribution is 0.218. The van der Waals surface area contributed by atoms with Crippen molar-refractivity contribution >= 4 is 32.8 Å². The van der Waals surface area contributed by atoms with Crippen LogP contribution in [0.3, 0.4) is 0 Å². The van der Waals surface area contributed by atoms with E-state index in [4.69, 9.17) is 4.52 Å². The number of hydrogen-bond acceptors (Lipinski definition) is 5. The Hall–Kier alpha value is -3.05.